The van der Waals surface area contributed by atoms with Gasteiger partial charge in [-0.3, -0.25) is 9.69 Å². The number of nitrogens with one attached hydrogen (secondary N) is 1. The zero-order valence-corrected chi connectivity index (χ0v) is 22.1. The SMILES string of the molecule is CCOC(=O)N[C@@H](CCN1C2CCC1CC(n1c(C)nc3c1CCN(C(C)=O)C3)C2)c1cccc(F)c1. The zero-order chi connectivity index (χ0) is 26.1. The summed E-state index contributed by atoms with van der Waals surface area (Å²) in [6.45, 7) is 8.00. The van der Waals surface area contributed by atoms with Crippen LogP contribution in [0.4, 0.5) is 9.18 Å². The van der Waals surface area contributed by atoms with E-state index in [0.717, 1.165) is 49.4 Å². The molecule has 0 spiro atoms. The third-order valence-corrected chi connectivity index (χ3v) is 8.39. The lowest BCUT2D eigenvalue weighted by Gasteiger charge is -2.41. The number of amides is 2. The lowest BCUT2D eigenvalue weighted by Crippen LogP contribution is -2.45. The monoisotopic (exact) mass is 511 g/mol. The van der Waals surface area contributed by atoms with E-state index in [1.807, 2.05) is 11.0 Å². The van der Waals surface area contributed by atoms with Gasteiger partial charge in [0.25, 0.3) is 0 Å². The number of aromatic nitrogens is 2. The molecule has 1 aromatic heterocycles. The first-order valence-corrected chi connectivity index (χ1v) is 13.6. The number of rotatable bonds is 7. The molecule has 2 aromatic rings. The van der Waals surface area contributed by atoms with Crippen molar-refractivity contribution in [3.8, 4) is 0 Å². The van der Waals surface area contributed by atoms with E-state index in [-0.39, 0.29) is 17.8 Å². The van der Waals surface area contributed by atoms with Crippen molar-refractivity contribution in [2.75, 3.05) is 19.7 Å². The smallest absolute Gasteiger partial charge is 0.407 e. The highest BCUT2D eigenvalue weighted by molar-refractivity contribution is 5.73. The third kappa shape index (κ3) is 5.37. The summed E-state index contributed by atoms with van der Waals surface area (Å²) in [7, 11) is 0. The molecular weight excluding hydrogens is 473 g/mol. The van der Waals surface area contributed by atoms with Crippen molar-refractivity contribution in [1.82, 2.24) is 24.7 Å². The van der Waals surface area contributed by atoms with E-state index >= 15 is 0 Å². The largest absolute Gasteiger partial charge is 0.450 e. The van der Waals surface area contributed by atoms with E-state index in [1.165, 1.54) is 30.7 Å². The summed E-state index contributed by atoms with van der Waals surface area (Å²) < 4.78 is 21.5. The van der Waals surface area contributed by atoms with Gasteiger partial charge in [0, 0.05) is 50.3 Å². The number of aryl methyl sites for hydroxylation is 1. The molecule has 4 heterocycles. The van der Waals surface area contributed by atoms with Crippen LogP contribution in [-0.4, -0.2) is 63.1 Å². The second-order valence-corrected chi connectivity index (χ2v) is 10.6. The number of hydrogen-bond donors (Lipinski definition) is 1. The zero-order valence-electron chi connectivity index (χ0n) is 22.1. The van der Waals surface area contributed by atoms with Gasteiger partial charge in [-0.05, 0) is 63.6 Å². The average molecular weight is 512 g/mol. The van der Waals surface area contributed by atoms with E-state index in [4.69, 9.17) is 9.72 Å². The molecule has 2 unspecified atom stereocenters. The van der Waals surface area contributed by atoms with Crippen LogP contribution in [0.2, 0.25) is 0 Å². The highest BCUT2D eigenvalue weighted by Gasteiger charge is 2.42. The minimum atomic E-state index is -0.470. The van der Waals surface area contributed by atoms with Crippen LogP contribution in [0.15, 0.2) is 24.3 Å². The Labute approximate surface area is 218 Å². The Hall–Kier alpha value is -2.94. The summed E-state index contributed by atoms with van der Waals surface area (Å²) in [5.74, 6) is 0.857. The van der Waals surface area contributed by atoms with Gasteiger partial charge < -0.3 is 19.5 Å². The molecule has 1 aromatic carbocycles. The molecule has 37 heavy (non-hydrogen) atoms. The molecule has 1 N–H and O–H groups in total. The molecule has 0 saturated carbocycles. The first-order chi connectivity index (χ1) is 17.8. The predicted octanol–water partition coefficient (Wildman–Crippen LogP) is 4.28. The minimum absolute atomic E-state index is 0.109. The van der Waals surface area contributed by atoms with Crippen LogP contribution in [0.3, 0.4) is 0 Å². The van der Waals surface area contributed by atoms with Crippen molar-refractivity contribution >= 4 is 12.0 Å². The van der Waals surface area contributed by atoms with Gasteiger partial charge in [0.2, 0.25) is 5.91 Å². The van der Waals surface area contributed by atoms with E-state index in [0.29, 0.717) is 37.7 Å². The van der Waals surface area contributed by atoms with E-state index in [2.05, 4.69) is 21.7 Å². The summed E-state index contributed by atoms with van der Waals surface area (Å²) in [6.07, 6.45) is 5.58. The van der Waals surface area contributed by atoms with Crippen LogP contribution >= 0.6 is 0 Å². The lowest BCUT2D eigenvalue weighted by atomic mass is 9.95. The molecule has 0 aliphatic carbocycles. The summed E-state index contributed by atoms with van der Waals surface area (Å²) in [4.78, 5) is 33.4. The molecular formula is C28H38FN5O3. The van der Waals surface area contributed by atoms with Crippen LogP contribution < -0.4 is 5.32 Å². The summed E-state index contributed by atoms with van der Waals surface area (Å²) in [5.41, 5.74) is 3.12. The van der Waals surface area contributed by atoms with Gasteiger partial charge in [0.05, 0.1) is 24.9 Å². The number of alkyl carbamates (subject to hydrolysis) is 1. The van der Waals surface area contributed by atoms with Crippen molar-refractivity contribution in [3.63, 3.8) is 0 Å². The normalized spacial score (nSPS) is 24.0. The van der Waals surface area contributed by atoms with E-state index in [9.17, 15) is 14.0 Å². The molecule has 3 aliphatic heterocycles. The van der Waals surface area contributed by atoms with Crippen molar-refractivity contribution < 1.29 is 18.7 Å². The number of hydrogen-bond acceptors (Lipinski definition) is 5. The van der Waals surface area contributed by atoms with Crippen LogP contribution in [0.1, 0.15) is 80.8 Å². The van der Waals surface area contributed by atoms with Crippen LogP contribution in [0.25, 0.3) is 0 Å². The fourth-order valence-electron chi connectivity index (χ4n) is 6.75. The highest BCUT2D eigenvalue weighted by Crippen LogP contribution is 2.43. The van der Waals surface area contributed by atoms with Crippen molar-refractivity contribution in [3.05, 3.63) is 52.9 Å². The maximum atomic E-state index is 14.0. The van der Waals surface area contributed by atoms with E-state index < -0.39 is 6.09 Å². The molecule has 2 fully saturated rings. The molecule has 3 aliphatic rings. The van der Waals surface area contributed by atoms with Gasteiger partial charge in [-0.2, -0.15) is 0 Å². The lowest BCUT2D eigenvalue weighted by molar-refractivity contribution is -0.129. The van der Waals surface area contributed by atoms with Crippen molar-refractivity contribution in [1.29, 1.82) is 0 Å². The van der Waals surface area contributed by atoms with Crippen molar-refractivity contribution in [2.45, 2.75) is 90.0 Å². The average Bonchev–Trinajstić information content (AvgIpc) is 3.31. The van der Waals surface area contributed by atoms with Crippen molar-refractivity contribution in [2.24, 2.45) is 0 Å². The van der Waals surface area contributed by atoms with Crippen LogP contribution in [0.5, 0.6) is 0 Å². The quantitative estimate of drug-likeness (QED) is 0.600. The van der Waals surface area contributed by atoms with E-state index in [1.54, 1.807) is 19.9 Å². The Kier molecular flexibility index (Phi) is 7.51. The number of piperidine rings is 1. The second-order valence-electron chi connectivity index (χ2n) is 10.6. The Morgan fingerprint density at radius 2 is 1.97 bits per heavy atom. The number of carbonyl (C=O) groups is 2. The molecule has 2 bridgehead atoms. The second kappa shape index (κ2) is 10.8. The highest BCUT2D eigenvalue weighted by atomic mass is 19.1. The Balaban J connectivity index is 1.27. The molecule has 9 heteroatoms. The summed E-state index contributed by atoms with van der Waals surface area (Å²) in [6, 6.07) is 7.54. The van der Waals surface area contributed by atoms with Gasteiger partial charge in [0.1, 0.15) is 11.6 Å². The summed E-state index contributed by atoms with van der Waals surface area (Å²) in [5, 5.41) is 2.94. The molecule has 200 valence electrons. The Bertz CT molecular complexity index is 1140. The number of carbonyl (C=O) groups excluding carboxylic acids is 2. The third-order valence-electron chi connectivity index (χ3n) is 8.39. The number of fused-ring (bicyclic) bond motifs is 3. The number of halogens is 1. The minimum Gasteiger partial charge on any atom is -0.450 e. The number of benzene rings is 1. The van der Waals surface area contributed by atoms with Crippen LogP contribution in [-0.2, 0) is 22.5 Å². The Morgan fingerprint density at radius 3 is 2.65 bits per heavy atom. The first kappa shape index (κ1) is 25.7. The maximum absolute atomic E-state index is 14.0. The number of imidazole rings is 1. The standard InChI is InChI=1S/C28H38FN5O3/c1-4-37-28(36)31-25(20-6-5-7-21(29)14-20)10-13-33-22-8-9-23(33)16-24(15-22)34-18(2)30-26-17-32(19(3)35)12-11-27(26)34/h5-7,14,22-25H,4,8-13,15-17H2,1-3H3,(H,31,36)/t22?,23?,24?,25-/m0/s1. The predicted molar refractivity (Wildman–Crippen MR) is 137 cm³/mol. The molecule has 5 rings (SSSR count). The first-order valence-electron chi connectivity index (χ1n) is 13.6. The van der Waals surface area contributed by atoms with Gasteiger partial charge in [0.15, 0.2) is 0 Å². The fraction of sp³-hybridized carbons (Fsp3) is 0.607. The van der Waals surface area contributed by atoms with Gasteiger partial charge in [-0.25, -0.2) is 14.2 Å². The fourth-order valence-corrected chi connectivity index (χ4v) is 6.75. The van der Waals surface area contributed by atoms with Gasteiger partial charge >= 0.3 is 6.09 Å². The maximum Gasteiger partial charge on any atom is 0.407 e. The number of ether oxygens (including phenoxy) is 1. The topological polar surface area (TPSA) is 79.7 Å². The molecule has 0 radical (unpaired) electrons. The van der Waals surface area contributed by atoms with Gasteiger partial charge in [-0.1, -0.05) is 12.1 Å². The summed E-state index contributed by atoms with van der Waals surface area (Å²) >= 11 is 0. The van der Waals surface area contributed by atoms with Crippen LogP contribution in [0, 0.1) is 12.7 Å². The molecule has 8 nitrogen and oxygen atoms in total. The number of nitrogens with zero attached hydrogens (tertiary/aromatic N) is 4. The van der Waals surface area contributed by atoms with Gasteiger partial charge in [-0.15, -0.1) is 0 Å². The Morgan fingerprint density at radius 1 is 1.22 bits per heavy atom. The molecule has 2 saturated heterocycles. The molecule has 3 atom stereocenters. The molecule has 2 amide bonds.